The highest BCUT2D eigenvalue weighted by molar-refractivity contribution is 5.89. The Balaban J connectivity index is 1.79. The number of carbonyl (C=O) groups is 1. The number of aromatic amines is 1. The van der Waals surface area contributed by atoms with Gasteiger partial charge in [0.15, 0.2) is 0 Å². The molecule has 0 aliphatic heterocycles. The predicted octanol–water partition coefficient (Wildman–Crippen LogP) is 0.904. The molecule has 94 valence electrons. The Labute approximate surface area is 105 Å². The van der Waals surface area contributed by atoms with E-state index < -0.39 is 0 Å². The number of H-pyrrole nitrogens is 1. The molecule has 0 spiro atoms. The smallest absolute Gasteiger partial charge is 0.295 e. The summed E-state index contributed by atoms with van der Waals surface area (Å²) in [6, 6.07) is 10.2. The average molecular weight is 245 g/mol. The Kier molecular flexibility index (Phi) is 4.01. The molecule has 6 heteroatoms. The minimum absolute atomic E-state index is 0.109. The molecule has 0 radical (unpaired) electrons. The quantitative estimate of drug-likeness (QED) is 0.849. The van der Waals surface area contributed by atoms with Crippen molar-refractivity contribution >= 4 is 5.91 Å². The number of carbonyl (C=O) groups excluding carboxylic acids is 1. The van der Waals surface area contributed by atoms with E-state index in [4.69, 9.17) is 0 Å². The molecule has 0 aliphatic rings. The molecule has 0 bridgehead atoms. The fourth-order valence-corrected chi connectivity index (χ4v) is 1.69. The second-order valence-electron chi connectivity index (χ2n) is 4.05. The van der Waals surface area contributed by atoms with E-state index in [-0.39, 0.29) is 11.7 Å². The zero-order valence-electron chi connectivity index (χ0n) is 10.2. The zero-order chi connectivity index (χ0) is 12.8. The molecular formula is C12H15N5O. The molecule has 0 atom stereocenters. The summed E-state index contributed by atoms with van der Waals surface area (Å²) in [5, 5.41) is 13.0. The molecule has 2 rings (SSSR count). The van der Waals surface area contributed by atoms with E-state index in [1.165, 1.54) is 5.56 Å². The van der Waals surface area contributed by atoms with Gasteiger partial charge in [-0.2, -0.15) is 5.21 Å². The van der Waals surface area contributed by atoms with Gasteiger partial charge in [0.25, 0.3) is 11.7 Å². The third kappa shape index (κ3) is 3.13. The number of hydrogen-bond donors (Lipinski definition) is 1. The summed E-state index contributed by atoms with van der Waals surface area (Å²) in [5.41, 5.74) is 1.28. The van der Waals surface area contributed by atoms with Crippen molar-refractivity contribution in [3.05, 3.63) is 41.7 Å². The van der Waals surface area contributed by atoms with Crippen molar-refractivity contribution in [2.24, 2.45) is 0 Å². The molecule has 6 nitrogen and oxygen atoms in total. The van der Waals surface area contributed by atoms with Gasteiger partial charge in [-0.1, -0.05) is 30.3 Å². The molecule has 0 saturated carbocycles. The molecule has 0 fully saturated rings. The van der Waals surface area contributed by atoms with E-state index in [1.807, 2.05) is 18.2 Å². The first-order chi connectivity index (χ1) is 8.77. The second kappa shape index (κ2) is 5.90. The number of nitrogens with zero attached hydrogens (tertiary/aromatic N) is 4. The fourth-order valence-electron chi connectivity index (χ4n) is 1.69. The number of aromatic nitrogens is 4. The monoisotopic (exact) mass is 245 g/mol. The lowest BCUT2D eigenvalue weighted by atomic mass is 10.1. The van der Waals surface area contributed by atoms with Crippen molar-refractivity contribution in [3.8, 4) is 0 Å². The molecule has 1 N–H and O–H groups in total. The molecule has 1 aromatic carbocycles. The first-order valence-electron chi connectivity index (χ1n) is 5.80. The largest absolute Gasteiger partial charge is 0.339 e. The zero-order valence-corrected chi connectivity index (χ0v) is 10.2. The lowest BCUT2D eigenvalue weighted by Crippen LogP contribution is -2.29. The third-order valence-electron chi connectivity index (χ3n) is 2.69. The number of amides is 1. The van der Waals surface area contributed by atoms with Crippen LogP contribution in [0.3, 0.4) is 0 Å². The van der Waals surface area contributed by atoms with Gasteiger partial charge in [-0.25, -0.2) is 0 Å². The van der Waals surface area contributed by atoms with E-state index >= 15 is 0 Å². The number of benzene rings is 1. The average Bonchev–Trinajstić information content (AvgIpc) is 2.93. The SMILES string of the molecule is CN(CCCc1ccccc1)C(=O)c1nn[nH]n1. The van der Waals surface area contributed by atoms with Crippen LogP contribution in [0.4, 0.5) is 0 Å². The Morgan fingerprint density at radius 1 is 1.33 bits per heavy atom. The maximum Gasteiger partial charge on any atom is 0.295 e. The number of tetrazole rings is 1. The number of rotatable bonds is 5. The molecule has 0 saturated heterocycles. The van der Waals surface area contributed by atoms with Crippen LogP contribution >= 0.6 is 0 Å². The van der Waals surface area contributed by atoms with Crippen molar-refractivity contribution in [3.63, 3.8) is 0 Å². The Hall–Kier alpha value is -2.24. The number of aryl methyl sites for hydroxylation is 1. The van der Waals surface area contributed by atoms with Crippen LogP contribution in [0, 0.1) is 0 Å². The minimum Gasteiger partial charge on any atom is -0.339 e. The number of hydrogen-bond acceptors (Lipinski definition) is 4. The molecule has 18 heavy (non-hydrogen) atoms. The van der Waals surface area contributed by atoms with Gasteiger partial charge in [0.2, 0.25) is 0 Å². The van der Waals surface area contributed by atoms with Gasteiger partial charge < -0.3 is 4.90 Å². The highest BCUT2D eigenvalue weighted by Crippen LogP contribution is 2.04. The van der Waals surface area contributed by atoms with Gasteiger partial charge in [-0.15, -0.1) is 10.2 Å². The lowest BCUT2D eigenvalue weighted by molar-refractivity contribution is 0.0781. The van der Waals surface area contributed by atoms with Crippen molar-refractivity contribution in [1.29, 1.82) is 0 Å². The van der Waals surface area contributed by atoms with Crippen molar-refractivity contribution < 1.29 is 4.79 Å². The first-order valence-corrected chi connectivity index (χ1v) is 5.80. The fraction of sp³-hybridized carbons (Fsp3) is 0.333. The van der Waals surface area contributed by atoms with Crippen molar-refractivity contribution in [2.45, 2.75) is 12.8 Å². The molecule has 2 aromatic rings. The molecule has 1 aromatic heterocycles. The van der Waals surface area contributed by atoms with Gasteiger partial charge in [0, 0.05) is 13.6 Å². The predicted molar refractivity (Wildman–Crippen MR) is 65.9 cm³/mol. The van der Waals surface area contributed by atoms with Crippen LogP contribution < -0.4 is 0 Å². The second-order valence-corrected chi connectivity index (χ2v) is 4.05. The molecule has 1 amide bonds. The summed E-state index contributed by atoms with van der Waals surface area (Å²) < 4.78 is 0. The highest BCUT2D eigenvalue weighted by atomic mass is 16.2. The first kappa shape index (κ1) is 12.2. The summed E-state index contributed by atoms with van der Waals surface area (Å²) >= 11 is 0. The maximum absolute atomic E-state index is 11.8. The van der Waals surface area contributed by atoms with Gasteiger partial charge in [0.05, 0.1) is 0 Å². The van der Waals surface area contributed by atoms with Crippen molar-refractivity contribution in [1.82, 2.24) is 25.5 Å². The highest BCUT2D eigenvalue weighted by Gasteiger charge is 2.15. The minimum atomic E-state index is -0.211. The molecule has 0 unspecified atom stereocenters. The molecule has 1 heterocycles. The Morgan fingerprint density at radius 2 is 2.11 bits per heavy atom. The van der Waals surface area contributed by atoms with Crippen LogP contribution in [0.2, 0.25) is 0 Å². The van der Waals surface area contributed by atoms with Crippen LogP contribution in [-0.2, 0) is 6.42 Å². The lowest BCUT2D eigenvalue weighted by Gasteiger charge is -2.14. The van der Waals surface area contributed by atoms with Gasteiger partial charge in [-0.3, -0.25) is 4.79 Å². The summed E-state index contributed by atoms with van der Waals surface area (Å²) in [6.07, 6.45) is 1.86. The van der Waals surface area contributed by atoms with Gasteiger partial charge in [0.1, 0.15) is 0 Å². The Bertz CT molecular complexity index is 482. The number of nitrogens with one attached hydrogen (secondary N) is 1. The van der Waals surface area contributed by atoms with Crippen LogP contribution in [-0.4, -0.2) is 45.0 Å². The van der Waals surface area contributed by atoms with Crippen LogP contribution in [0.15, 0.2) is 30.3 Å². The van der Waals surface area contributed by atoms with Gasteiger partial charge in [-0.05, 0) is 23.6 Å². The third-order valence-corrected chi connectivity index (χ3v) is 2.69. The van der Waals surface area contributed by atoms with E-state index in [9.17, 15) is 4.79 Å². The van der Waals surface area contributed by atoms with E-state index in [0.29, 0.717) is 6.54 Å². The maximum atomic E-state index is 11.8. The van der Waals surface area contributed by atoms with Gasteiger partial charge >= 0.3 is 0 Å². The van der Waals surface area contributed by atoms with Crippen LogP contribution in [0.25, 0.3) is 0 Å². The van der Waals surface area contributed by atoms with E-state index in [0.717, 1.165) is 12.8 Å². The molecule has 0 aliphatic carbocycles. The summed E-state index contributed by atoms with van der Waals surface area (Å²) in [6.45, 7) is 0.669. The standard InChI is InChI=1S/C12H15N5O/c1-17(12(18)11-13-15-16-14-11)9-5-8-10-6-3-2-4-7-10/h2-4,6-7H,5,8-9H2,1H3,(H,13,14,15,16). The summed E-state index contributed by atoms with van der Waals surface area (Å²) in [4.78, 5) is 13.4. The van der Waals surface area contributed by atoms with E-state index in [1.54, 1.807) is 11.9 Å². The Morgan fingerprint density at radius 3 is 2.78 bits per heavy atom. The van der Waals surface area contributed by atoms with Crippen LogP contribution in [0.1, 0.15) is 22.6 Å². The van der Waals surface area contributed by atoms with E-state index in [2.05, 4.69) is 32.8 Å². The summed E-state index contributed by atoms with van der Waals surface area (Å²) in [5.74, 6) is -0.103. The normalized spacial score (nSPS) is 10.3. The summed E-state index contributed by atoms with van der Waals surface area (Å²) in [7, 11) is 1.74. The van der Waals surface area contributed by atoms with Crippen LogP contribution in [0.5, 0.6) is 0 Å². The van der Waals surface area contributed by atoms with Crippen molar-refractivity contribution in [2.75, 3.05) is 13.6 Å². The molecular weight excluding hydrogens is 230 g/mol. The topological polar surface area (TPSA) is 74.8 Å².